The Kier molecular flexibility index (Phi) is 8.52. The molecule has 0 heterocycles. The van der Waals surface area contributed by atoms with Gasteiger partial charge in [-0.15, -0.1) is 0 Å². The maximum Gasteiger partial charge on any atom is 0.332 e. The molecule has 0 aliphatic carbocycles. The van der Waals surface area contributed by atoms with Gasteiger partial charge in [0.25, 0.3) is 0 Å². The van der Waals surface area contributed by atoms with Gasteiger partial charge in [-0.3, -0.25) is 4.79 Å². The summed E-state index contributed by atoms with van der Waals surface area (Å²) in [5.41, 5.74) is 0. The number of ether oxygens (including phenoxy) is 1. The molecule has 0 amide bonds. The third-order valence-corrected chi connectivity index (χ3v) is 2.37. The molecule has 0 spiro atoms. The Morgan fingerprint density at radius 3 is 2.25 bits per heavy atom. The number of carbonyl (C=O) groups excluding carboxylic acids is 1. The largest absolute Gasteiger partial charge is 0.479 e. The van der Waals surface area contributed by atoms with Gasteiger partial charge in [0.05, 0.1) is 7.11 Å². The highest BCUT2D eigenvalue weighted by Gasteiger charge is 2.11. The Morgan fingerprint density at radius 2 is 1.69 bits per heavy atom. The van der Waals surface area contributed by atoms with E-state index >= 15 is 0 Å². The monoisotopic (exact) mass is 232 g/mol. The van der Waals surface area contributed by atoms with E-state index in [1.807, 2.05) is 0 Å². The number of carboxylic acids is 1. The van der Waals surface area contributed by atoms with Gasteiger partial charge in [-0.1, -0.05) is 25.7 Å². The minimum absolute atomic E-state index is 0.193. The molecule has 0 fully saturated rings. The first-order chi connectivity index (χ1) is 7.57. The third-order valence-electron chi connectivity index (χ3n) is 2.37. The molecule has 0 saturated heterocycles. The van der Waals surface area contributed by atoms with Gasteiger partial charge in [0.15, 0.2) is 6.10 Å². The molecule has 0 saturated carbocycles. The molecule has 16 heavy (non-hydrogen) atoms. The van der Waals surface area contributed by atoms with Gasteiger partial charge in [-0.2, -0.15) is 0 Å². The smallest absolute Gasteiger partial charge is 0.332 e. The summed E-state index contributed by atoms with van der Waals surface area (Å²) in [5, 5.41) is 17.4. The molecule has 0 bridgehead atoms. The summed E-state index contributed by atoms with van der Waals surface area (Å²) in [5.74, 6) is -1.35. The Balaban J connectivity index is 3.22. The first-order valence-corrected chi connectivity index (χ1v) is 5.55. The second-order valence-corrected chi connectivity index (χ2v) is 3.74. The maximum absolute atomic E-state index is 10.7. The zero-order valence-corrected chi connectivity index (χ0v) is 9.65. The molecule has 1 atom stereocenters. The van der Waals surface area contributed by atoms with Crippen molar-refractivity contribution in [2.75, 3.05) is 7.11 Å². The van der Waals surface area contributed by atoms with Crippen LogP contribution in [0, 0.1) is 0 Å². The topological polar surface area (TPSA) is 83.8 Å². The standard InChI is InChI=1S/C11H20O5/c1-16-10(13)8-6-4-2-3-5-7-9(12)11(14)15/h9,12H,2-8H2,1H3,(H,14,15)/t9-/m1/s1. The normalized spacial score (nSPS) is 12.1. The minimum Gasteiger partial charge on any atom is -0.479 e. The van der Waals surface area contributed by atoms with E-state index in [1.165, 1.54) is 7.11 Å². The fourth-order valence-corrected chi connectivity index (χ4v) is 1.36. The molecule has 0 aromatic rings. The molecular formula is C11H20O5. The van der Waals surface area contributed by atoms with Crippen molar-refractivity contribution in [2.45, 2.75) is 51.0 Å². The van der Waals surface area contributed by atoms with E-state index in [0.29, 0.717) is 19.3 Å². The lowest BCUT2D eigenvalue weighted by atomic mass is 10.1. The average molecular weight is 232 g/mol. The van der Waals surface area contributed by atoms with Crippen LogP contribution in [0.1, 0.15) is 44.9 Å². The SMILES string of the molecule is COC(=O)CCCCCCC[C@@H](O)C(=O)O. The highest BCUT2D eigenvalue weighted by Crippen LogP contribution is 2.09. The van der Waals surface area contributed by atoms with E-state index in [0.717, 1.165) is 25.7 Å². The summed E-state index contributed by atoms with van der Waals surface area (Å²) in [7, 11) is 1.37. The van der Waals surface area contributed by atoms with Crippen molar-refractivity contribution in [2.24, 2.45) is 0 Å². The zero-order valence-electron chi connectivity index (χ0n) is 9.65. The number of esters is 1. The number of carbonyl (C=O) groups is 2. The van der Waals surface area contributed by atoms with Crippen LogP contribution in [0.25, 0.3) is 0 Å². The summed E-state index contributed by atoms with van der Waals surface area (Å²) in [6.07, 6.45) is 3.75. The van der Waals surface area contributed by atoms with Crippen LogP contribution in [0.4, 0.5) is 0 Å². The van der Waals surface area contributed by atoms with Gasteiger partial charge < -0.3 is 14.9 Å². The zero-order chi connectivity index (χ0) is 12.4. The van der Waals surface area contributed by atoms with Crippen molar-refractivity contribution < 1.29 is 24.5 Å². The van der Waals surface area contributed by atoms with Gasteiger partial charge in [0.2, 0.25) is 0 Å². The molecule has 5 heteroatoms. The molecule has 2 N–H and O–H groups in total. The highest BCUT2D eigenvalue weighted by atomic mass is 16.5. The predicted molar refractivity (Wildman–Crippen MR) is 58.0 cm³/mol. The van der Waals surface area contributed by atoms with Crippen molar-refractivity contribution in [1.29, 1.82) is 0 Å². The average Bonchev–Trinajstić information content (AvgIpc) is 2.26. The van der Waals surface area contributed by atoms with Crippen LogP contribution in [0.5, 0.6) is 0 Å². The number of hydrogen-bond acceptors (Lipinski definition) is 4. The van der Waals surface area contributed by atoms with E-state index in [2.05, 4.69) is 4.74 Å². The quantitative estimate of drug-likeness (QED) is 0.463. The summed E-state index contributed by atoms with van der Waals surface area (Å²) in [6.45, 7) is 0. The number of carboxylic acid groups (broad SMARTS) is 1. The number of unbranched alkanes of at least 4 members (excludes halogenated alkanes) is 4. The Morgan fingerprint density at radius 1 is 1.12 bits per heavy atom. The van der Waals surface area contributed by atoms with Crippen LogP contribution >= 0.6 is 0 Å². The van der Waals surface area contributed by atoms with Gasteiger partial charge >= 0.3 is 11.9 Å². The molecule has 0 unspecified atom stereocenters. The van der Waals surface area contributed by atoms with Gasteiger partial charge in [-0.05, 0) is 12.8 Å². The number of aliphatic hydroxyl groups excluding tert-OH is 1. The number of methoxy groups -OCH3 is 1. The number of rotatable bonds is 9. The van der Waals surface area contributed by atoms with E-state index in [9.17, 15) is 9.59 Å². The van der Waals surface area contributed by atoms with Gasteiger partial charge in [0.1, 0.15) is 0 Å². The van der Waals surface area contributed by atoms with Gasteiger partial charge in [0, 0.05) is 6.42 Å². The summed E-state index contributed by atoms with van der Waals surface area (Å²) >= 11 is 0. The molecule has 0 radical (unpaired) electrons. The summed E-state index contributed by atoms with van der Waals surface area (Å²) in [6, 6.07) is 0. The van der Waals surface area contributed by atoms with Crippen LogP contribution in [0.3, 0.4) is 0 Å². The predicted octanol–water partition coefficient (Wildman–Crippen LogP) is 1.34. The first-order valence-electron chi connectivity index (χ1n) is 5.55. The molecule has 0 aromatic heterocycles. The molecule has 5 nitrogen and oxygen atoms in total. The van der Waals surface area contributed by atoms with Crippen LogP contribution < -0.4 is 0 Å². The molecule has 0 aliphatic heterocycles. The first kappa shape index (κ1) is 14.9. The lowest BCUT2D eigenvalue weighted by Gasteiger charge is -2.04. The highest BCUT2D eigenvalue weighted by molar-refractivity contribution is 5.71. The van der Waals surface area contributed by atoms with Gasteiger partial charge in [-0.25, -0.2) is 4.79 Å². The lowest BCUT2D eigenvalue weighted by molar-refractivity contribution is -0.147. The fraction of sp³-hybridized carbons (Fsp3) is 0.818. The van der Waals surface area contributed by atoms with Crippen molar-refractivity contribution in [1.82, 2.24) is 0 Å². The van der Waals surface area contributed by atoms with E-state index in [1.54, 1.807) is 0 Å². The van der Waals surface area contributed by atoms with Crippen LogP contribution in [0.2, 0.25) is 0 Å². The molecule has 0 aliphatic rings. The lowest BCUT2D eigenvalue weighted by Crippen LogP contribution is -2.18. The molecule has 94 valence electrons. The van der Waals surface area contributed by atoms with Crippen molar-refractivity contribution in [3.05, 3.63) is 0 Å². The summed E-state index contributed by atoms with van der Waals surface area (Å²) < 4.78 is 4.50. The Bertz CT molecular complexity index is 214. The molecule has 0 aromatic carbocycles. The maximum atomic E-state index is 10.7. The molecule has 0 rings (SSSR count). The molecular weight excluding hydrogens is 212 g/mol. The van der Waals surface area contributed by atoms with Crippen LogP contribution in [-0.2, 0) is 14.3 Å². The second kappa shape index (κ2) is 9.15. The van der Waals surface area contributed by atoms with E-state index in [4.69, 9.17) is 10.2 Å². The summed E-state index contributed by atoms with van der Waals surface area (Å²) in [4.78, 5) is 21.0. The van der Waals surface area contributed by atoms with Crippen LogP contribution in [0.15, 0.2) is 0 Å². The number of hydrogen-bond donors (Lipinski definition) is 2. The minimum atomic E-state index is -1.24. The van der Waals surface area contributed by atoms with Crippen molar-refractivity contribution in [3.8, 4) is 0 Å². The Hall–Kier alpha value is -1.10. The van der Waals surface area contributed by atoms with Crippen molar-refractivity contribution >= 4 is 11.9 Å². The fourth-order valence-electron chi connectivity index (χ4n) is 1.36. The van der Waals surface area contributed by atoms with Crippen LogP contribution in [-0.4, -0.2) is 35.4 Å². The number of aliphatic carboxylic acids is 1. The third kappa shape index (κ3) is 8.23. The second-order valence-electron chi connectivity index (χ2n) is 3.74. The number of aliphatic hydroxyl groups is 1. The Labute approximate surface area is 95.4 Å². The van der Waals surface area contributed by atoms with Crippen molar-refractivity contribution in [3.63, 3.8) is 0 Å². The van der Waals surface area contributed by atoms with E-state index in [-0.39, 0.29) is 5.97 Å². The van der Waals surface area contributed by atoms with E-state index < -0.39 is 12.1 Å².